The quantitative estimate of drug-likeness (QED) is 0.812. The fraction of sp³-hybridized carbons (Fsp3) is 0.308. The molecule has 0 aliphatic carbocycles. The van der Waals surface area contributed by atoms with Crippen molar-refractivity contribution in [1.29, 1.82) is 0 Å². The predicted molar refractivity (Wildman–Crippen MR) is 61.5 cm³/mol. The van der Waals surface area contributed by atoms with Gasteiger partial charge >= 0.3 is 5.97 Å². The van der Waals surface area contributed by atoms with Crippen molar-refractivity contribution in [2.24, 2.45) is 0 Å². The summed E-state index contributed by atoms with van der Waals surface area (Å²) in [5, 5.41) is 9.21. The smallest absolute Gasteiger partial charge is 0.336 e. The maximum absolute atomic E-state index is 11.7. The first-order chi connectivity index (χ1) is 8.22. The molecule has 0 saturated carbocycles. The van der Waals surface area contributed by atoms with Gasteiger partial charge in [0.25, 0.3) is 0 Å². The first-order valence-corrected chi connectivity index (χ1v) is 5.50. The Labute approximate surface area is 99.5 Å². The van der Waals surface area contributed by atoms with Gasteiger partial charge in [0.15, 0.2) is 0 Å². The summed E-state index contributed by atoms with van der Waals surface area (Å²) in [5.74, 6) is -0.156. The van der Waals surface area contributed by atoms with E-state index in [-0.39, 0.29) is 11.7 Å². The summed E-state index contributed by atoms with van der Waals surface area (Å²) in [6.07, 6.45) is 1.34. The van der Waals surface area contributed by atoms with Crippen LogP contribution < -0.4 is 0 Å². The number of esters is 1. The molecule has 0 radical (unpaired) electrons. The van der Waals surface area contributed by atoms with Crippen molar-refractivity contribution in [2.45, 2.75) is 13.0 Å². The highest BCUT2D eigenvalue weighted by Gasteiger charge is 2.28. The molecule has 4 nitrogen and oxygen atoms in total. The van der Waals surface area contributed by atoms with Gasteiger partial charge in [0.05, 0.1) is 18.8 Å². The highest BCUT2D eigenvalue weighted by Crippen LogP contribution is 2.31. The molecule has 1 atom stereocenters. The van der Waals surface area contributed by atoms with Gasteiger partial charge in [-0.15, -0.1) is 0 Å². The molecule has 1 aliphatic heterocycles. The maximum Gasteiger partial charge on any atom is 0.336 e. The van der Waals surface area contributed by atoms with Gasteiger partial charge in [0.2, 0.25) is 0 Å². The van der Waals surface area contributed by atoms with Crippen molar-refractivity contribution >= 4 is 5.97 Å². The van der Waals surface area contributed by atoms with Crippen LogP contribution in [-0.4, -0.2) is 24.3 Å². The van der Waals surface area contributed by atoms with Gasteiger partial charge in [0.1, 0.15) is 11.9 Å². The maximum atomic E-state index is 11.7. The lowest BCUT2D eigenvalue weighted by molar-refractivity contribution is -0.139. The van der Waals surface area contributed by atoms with E-state index in [1.54, 1.807) is 37.3 Å². The molecule has 0 amide bonds. The normalized spacial score (nSPS) is 18.9. The highest BCUT2D eigenvalue weighted by atomic mass is 16.5. The molecule has 0 fully saturated rings. The van der Waals surface area contributed by atoms with Crippen LogP contribution in [0.3, 0.4) is 0 Å². The largest absolute Gasteiger partial charge is 0.508 e. The lowest BCUT2D eigenvalue weighted by atomic mass is 10.0. The number of phenolic OH excluding ortho intramolecular Hbond substituents is 1. The van der Waals surface area contributed by atoms with Crippen LogP contribution in [0.1, 0.15) is 18.6 Å². The Morgan fingerprint density at radius 1 is 1.47 bits per heavy atom. The highest BCUT2D eigenvalue weighted by molar-refractivity contribution is 5.90. The van der Waals surface area contributed by atoms with Crippen LogP contribution in [0.25, 0.3) is 0 Å². The average Bonchev–Trinajstić information content (AvgIpc) is 2.79. The molecule has 0 spiro atoms. The predicted octanol–water partition coefficient (Wildman–Crippen LogP) is 1.95. The number of aromatic hydroxyl groups is 1. The third kappa shape index (κ3) is 2.47. The molecule has 0 saturated heterocycles. The molecule has 1 aromatic rings. The van der Waals surface area contributed by atoms with E-state index in [9.17, 15) is 9.90 Å². The Kier molecular flexibility index (Phi) is 3.44. The number of ether oxygens (including phenoxy) is 2. The van der Waals surface area contributed by atoms with Crippen molar-refractivity contribution in [3.63, 3.8) is 0 Å². The molecule has 0 bridgehead atoms. The zero-order valence-electron chi connectivity index (χ0n) is 9.55. The van der Waals surface area contributed by atoms with Crippen molar-refractivity contribution in [3.05, 3.63) is 41.5 Å². The Balaban J connectivity index is 2.19. The van der Waals surface area contributed by atoms with E-state index in [4.69, 9.17) is 9.47 Å². The van der Waals surface area contributed by atoms with Gasteiger partial charge in [-0.3, -0.25) is 0 Å². The number of rotatable bonds is 3. The second kappa shape index (κ2) is 5.01. The minimum absolute atomic E-state index is 0.188. The third-order valence-corrected chi connectivity index (χ3v) is 2.56. The molecule has 1 aromatic carbocycles. The molecule has 1 heterocycles. The molecule has 0 aromatic heterocycles. The van der Waals surface area contributed by atoms with E-state index in [1.165, 1.54) is 0 Å². The molecule has 1 N–H and O–H groups in total. The summed E-state index contributed by atoms with van der Waals surface area (Å²) in [4.78, 5) is 11.7. The second-order valence-electron chi connectivity index (χ2n) is 3.68. The van der Waals surface area contributed by atoms with Gasteiger partial charge in [-0.2, -0.15) is 0 Å². The monoisotopic (exact) mass is 234 g/mol. The van der Waals surface area contributed by atoms with E-state index in [0.29, 0.717) is 18.8 Å². The van der Waals surface area contributed by atoms with Crippen LogP contribution in [0.15, 0.2) is 35.9 Å². The number of hydrogen-bond acceptors (Lipinski definition) is 4. The number of benzene rings is 1. The van der Waals surface area contributed by atoms with Crippen LogP contribution in [0, 0.1) is 0 Å². The van der Waals surface area contributed by atoms with Gasteiger partial charge in [-0.25, -0.2) is 4.79 Å². The lowest BCUT2D eigenvalue weighted by Gasteiger charge is -2.14. The Morgan fingerprint density at radius 2 is 2.18 bits per heavy atom. The average molecular weight is 234 g/mol. The van der Waals surface area contributed by atoms with Crippen LogP contribution >= 0.6 is 0 Å². The second-order valence-corrected chi connectivity index (χ2v) is 3.68. The fourth-order valence-corrected chi connectivity index (χ4v) is 1.76. The molecule has 17 heavy (non-hydrogen) atoms. The Hall–Kier alpha value is -1.81. The van der Waals surface area contributed by atoms with Crippen molar-refractivity contribution in [1.82, 2.24) is 0 Å². The van der Waals surface area contributed by atoms with Crippen LogP contribution in [0.2, 0.25) is 0 Å². The Morgan fingerprint density at radius 3 is 2.82 bits per heavy atom. The van der Waals surface area contributed by atoms with Crippen LogP contribution in [0.4, 0.5) is 0 Å². The SMILES string of the molecule is CCOC(=O)C1=CCOC1c1ccc(O)cc1. The first-order valence-electron chi connectivity index (χ1n) is 5.50. The molecule has 1 aliphatic rings. The third-order valence-electron chi connectivity index (χ3n) is 2.56. The number of hydrogen-bond donors (Lipinski definition) is 1. The molecule has 4 heteroatoms. The molecular formula is C13H14O4. The Bertz CT molecular complexity index is 433. The van der Waals surface area contributed by atoms with E-state index < -0.39 is 6.10 Å². The minimum atomic E-state index is -0.394. The zero-order valence-corrected chi connectivity index (χ0v) is 9.55. The van der Waals surface area contributed by atoms with Crippen LogP contribution in [-0.2, 0) is 14.3 Å². The molecule has 2 rings (SSSR count). The van der Waals surface area contributed by atoms with Gasteiger partial charge in [-0.1, -0.05) is 12.1 Å². The van der Waals surface area contributed by atoms with Gasteiger partial charge < -0.3 is 14.6 Å². The molecule has 90 valence electrons. The van der Waals surface area contributed by atoms with Gasteiger partial charge in [-0.05, 0) is 30.7 Å². The fourth-order valence-electron chi connectivity index (χ4n) is 1.76. The summed E-state index contributed by atoms with van der Waals surface area (Å²) in [6.45, 7) is 2.52. The topological polar surface area (TPSA) is 55.8 Å². The van der Waals surface area contributed by atoms with E-state index in [2.05, 4.69) is 0 Å². The lowest BCUT2D eigenvalue weighted by Crippen LogP contribution is -2.13. The molecular weight excluding hydrogens is 220 g/mol. The van der Waals surface area contributed by atoms with Crippen molar-refractivity contribution < 1.29 is 19.4 Å². The summed E-state index contributed by atoms with van der Waals surface area (Å²) in [6, 6.07) is 6.61. The van der Waals surface area contributed by atoms with Crippen molar-refractivity contribution in [3.8, 4) is 5.75 Å². The minimum Gasteiger partial charge on any atom is -0.508 e. The molecule has 1 unspecified atom stereocenters. The standard InChI is InChI=1S/C13H14O4/c1-2-16-13(15)11-7-8-17-12(11)9-3-5-10(14)6-4-9/h3-7,12,14H,2,8H2,1H3. The number of phenols is 1. The van der Waals surface area contributed by atoms with Crippen molar-refractivity contribution in [2.75, 3.05) is 13.2 Å². The van der Waals surface area contributed by atoms with Crippen LogP contribution in [0.5, 0.6) is 5.75 Å². The number of carbonyl (C=O) groups is 1. The van der Waals surface area contributed by atoms with E-state index in [1.807, 2.05) is 0 Å². The number of carbonyl (C=O) groups excluding carboxylic acids is 1. The summed E-state index contributed by atoms with van der Waals surface area (Å²) in [5.41, 5.74) is 1.36. The zero-order chi connectivity index (χ0) is 12.3. The van der Waals surface area contributed by atoms with E-state index >= 15 is 0 Å². The summed E-state index contributed by atoms with van der Waals surface area (Å²) in [7, 11) is 0. The van der Waals surface area contributed by atoms with Gasteiger partial charge in [0, 0.05) is 0 Å². The van der Waals surface area contributed by atoms with E-state index in [0.717, 1.165) is 5.56 Å². The summed E-state index contributed by atoms with van der Waals surface area (Å²) >= 11 is 0. The summed E-state index contributed by atoms with van der Waals surface area (Å²) < 4.78 is 10.4. The first kappa shape index (κ1) is 11.7.